The van der Waals surface area contributed by atoms with Gasteiger partial charge in [-0.05, 0) is 19.4 Å². The fraction of sp³-hybridized carbons (Fsp3) is 0.692. The van der Waals surface area contributed by atoms with Crippen LogP contribution in [0, 0.1) is 0 Å². The van der Waals surface area contributed by atoms with E-state index in [0.717, 1.165) is 18.7 Å². The van der Waals surface area contributed by atoms with Crippen molar-refractivity contribution >= 4 is 11.8 Å². The van der Waals surface area contributed by atoms with Gasteiger partial charge >= 0.3 is 0 Å². The highest BCUT2D eigenvalue weighted by Gasteiger charge is 2.12. The number of thioether (sulfide) groups is 1. The van der Waals surface area contributed by atoms with Crippen LogP contribution < -0.4 is 5.32 Å². The van der Waals surface area contributed by atoms with E-state index in [1.54, 1.807) is 6.33 Å². The van der Waals surface area contributed by atoms with Gasteiger partial charge in [0.2, 0.25) is 0 Å². The molecule has 0 aliphatic rings. The molecule has 2 atom stereocenters. The molecule has 1 aromatic rings. The molecule has 0 aliphatic heterocycles. The van der Waals surface area contributed by atoms with Crippen LogP contribution in [-0.4, -0.2) is 27.5 Å². The van der Waals surface area contributed by atoms with Crippen LogP contribution in [0.4, 0.5) is 0 Å². The van der Waals surface area contributed by atoms with Crippen LogP contribution in [0.2, 0.25) is 0 Å². The van der Waals surface area contributed by atoms with Crippen molar-refractivity contribution in [3.8, 4) is 0 Å². The lowest BCUT2D eigenvalue weighted by Crippen LogP contribution is -2.25. The maximum Gasteiger partial charge on any atom is 0.115 e. The third-order valence-electron chi connectivity index (χ3n) is 2.75. The van der Waals surface area contributed by atoms with E-state index >= 15 is 0 Å². The Balaban J connectivity index is 2.54. The fourth-order valence-corrected chi connectivity index (χ4v) is 2.53. The van der Waals surface area contributed by atoms with Gasteiger partial charge in [0.05, 0.1) is 0 Å². The molecule has 3 nitrogen and oxygen atoms in total. The minimum absolute atomic E-state index is 0.371. The van der Waals surface area contributed by atoms with Crippen LogP contribution in [0.15, 0.2) is 18.7 Å². The number of nitrogens with one attached hydrogen (secondary N) is 1. The van der Waals surface area contributed by atoms with Gasteiger partial charge in [-0.3, -0.25) is 0 Å². The van der Waals surface area contributed by atoms with Crippen LogP contribution in [0.3, 0.4) is 0 Å². The highest BCUT2D eigenvalue weighted by Crippen LogP contribution is 2.21. The molecule has 0 amide bonds. The highest BCUT2D eigenvalue weighted by molar-refractivity contribution is 7.99. The van der Waals surface area contributed by atoms with Gasteiger partial charge in [-0.1, -0.05) is 20.8 Å². The average molecular weight is 253 g/mol. The second kappa shape index (κ2) is 8.48. The maximum absolute atomic E-state index is 4.10. The van der Waals surface area contributed by atoms with E-state index < -0.39 is 0 Å². The smallest absolute Gasteiger partial charge is 0.115 e. The molecule has 17 heavy (non-hydrogen) atoms. The lowest BCUT2D eigenvalue weighted by Gasteiger charge is -2.19. The predicted molar refractivity (Wildman–Crippen MR) is 75.3 cm³/mol. The van der Waals surface area contributed by atoms with Gasteiger partial charge in [0.15, 0.2) is 0 Å². The zero-order chi connectivity index (χ0) is 12.5. The van der Waals surface area contributed by atoms with E-state index in [1.165, 1.54) is 12.0 Å². The second-order valence-electron chi connectivity index (χ2n) is 4.23. The minimum Gasteiger partial charge on any atom is -0.309 e. The van der Waals surface area contributed by atoms with Crippen molar-refractivity contribution in [1.82, 2.24) is 15.3 Å². The summed E-state index contributed by atoms with van der Waals surface area (Å²) in [6.45, 7) is 7.74. The van der Waals surface area contributed by atoms with Crippen molar-refractivity contribution in [2.45, 2.75) is 44.9 Å². The zero-order valence-electron chi connectivity index (χ0n) is 11.0. The lowest BCUT2D eigenvalue weighted by molar-refractivity contribution is 0.573. The second-order valence-corrected chi connectivity index (χ2v) is 5.70. The standard InChI is InChI=1S/C13H23N3S/c1-4-6-16-13(9-17-11(3)5-2)12-7-14-10-15-8-12/h7-8,10-11,13,16H,4-6,9H2,1-3H3. The fourth-order valence-electron chi connectivity index (χ4n) is 1.46. The van der Waals surface area contributed by atoms with E-state index in [0.29, 0.717) is 11.3 Å². The van der Waals surface area contributed by atoms with Crippen LogP contribution in [-0.2, 0) is 0 Å². The Morgan fingerprint density at radius 1 is 1.29 bits per heavy atom. The van der Waals surface area contributed by atoms with Gasteiger partial charge in [0, 0.05) is 35.0 Å². The topological polar surface area (TPSA) is 37.8 Å². The average Bonchev–Trinajstić information content (AvgIpc) is 2.39. The van der Waals surface area contributed by atoms with Gasteiger partial charge < -0.3 is 5.32 Å². The van der Waals surface area contributed by atoms with Crippen LogP contribution >= 0.6 is 11.8 Å². The lowest BCUT2D eigenvalue weighted by atomic mass is 10.2. The Kier molecular flexibility index (Phi) is 7.21. The summed E-state index contributed by atoms with van der Waals surface area (Å²) >= 11 is 2.01. The van der Waals surface area contributed by atoms with Crippen LogP contribution in [0.5, 0.6) is 0 Å². The van der Waals surface area contributed by atoms with Gasteiger partial charge in [0.1, 0.15) is 6.33 Å². The van der Waals surface area contributed by atoms with Crippen molar-refractivity contribution < 1.29 is 0 Å². The largest absolute Gasteiger partial charge is 0.309 e. The van der Waals surface area contributed by atoms with E-state index in [4.69, 9.17) is 0 Å². The van der Waals surface area contributed by atoms with Gasteiger partial charge in [-0.25, -0.2) is 9.97 Å². The molecule has 1 N–H and O–H groups in total. The Bertz CT molecular complexity index is 292. The molecule has 0 aromatic carbocycles. The first-order chi connectivity index (χ1) is 8.27. The molecule has 0 bridgehead atoms. The summed E-state index contributed by atoms with van der Waals surface area (Å²) in [7, 11) is 0. The number of aromatic nitrogens is 2. The van der Waals surface area contributed by atoms with Crippen molar-refractivity contribution in [3.05, 3.63) is 24.3 Å². The van der Waals surface area contributed by atoms with Crippen molar-refractivity contribution in [2.75, 3.05) is 12.3 Å². The molecule has 0 radical (unpaired) electrons. The van der Waals surface area contributed by atoms with Gasteiger partial charge in [-0.15, -0.1) is 0 Å². The SMILES string of the molecule is CCCNC(CSC(C)CC)c1cncnc1. The summed E-state index contributed by atoms with van der Waals surface area (Å²) in [5, 5.41) is 4.28. The molecule has 1 rings (SSSR count). The van der Waals surface area contributed by atoms with E-state index in [9.17, 15) is 0 Å². The summed E-state index contributed by atoms with van der Waals surface area (Å²) in [5.74, 6) is 1.09. The van der Waals surface area contributed by atoms with E-state index in [-0.39, 0.29) is 0 Å². The van der Waals surface area contributed by atoms with Crippen molar-refractivity contribution in [3.63, 3.8) is 0 Å². The van der Waals surface area contributed by atoms with Gasteiger partial charge in [-0.2, -0.15) is 11.8 Å². The molecule has 4 heteroatoms. The normalized spacial score (nSPS) is 14.5. The number of hydrogen-bond donors (Lipinski definition) is 1. The third-order valence-corrected chi connectivity index (χ3v) is 4.17. The number of rotatable bonds is 8. The highest BCUT2D eigenvalue weighted by atomic mass is 32.2. The molecule has 0 fully saturated rings. The number of hydrogen-bond acceptors (Lipinski definition) is 4. The summed E-state index contributed by atoms with van der Waals surface area (Å²) < 4.78 is 0. The van der Waals surface area contributed by atoms with Gasteiger partial charge in [0.25, 0.3) is 0 Å². The molecular formula is C13H23N3S. The van der Waals surface area contributed by atoms with Crippen LogP contribution in [0.1, 0.15) is 45.2 Å². The zero-order valence-corrected chi connectivity index (χ0v) is 11.8. The molecule has 0 saturated carbocycles. The molecule has 2 unspecified atom stereocenters. The third kappa shape index (κ3) is 5.50. The molecule has 0 aliphatic carbocycles. The summed E-state index contributed by atoms with van der Waals surface area (Å²) in [6, 6.07) is 0.371. The molecule has 1 heterocycles. The summed E-state index contributed by atoms with van der Waals surface area (Å²) in [5.41, 5.74) is 1.19. The molecular weight excluding hydrogens is 230 g/mol. The van der Waals surface area contributed by atoms with E-state index in [1.807, 2.05) is 24.2 Å². The maximum atomic E-state index is 4.10. The van der Waals surface area contributed by atoms with Crippen LogP contribution in [0.25, 0.3) is 0 Å². The Morgan fingerprint density at radius 2 is 2.00 bits per heavy atom. The quantitative estimate of drug-likeness (QED) is 0.773. The van der Waals surface area contributed by atoms with Crippen molar-refractivity contribution in [2.24, 2.45) is 0 Å². The Morgan fingerprint density at radius 3 is 2.59 bits per heavy atom. The number of nitrogens with zero attached hydrogens (tertiary/aromatic N) is 2. The molecule has 0 saturated heterocycles. The molecule has 1 aromatic heterocycles. The molecule has 0 spiro atoms. The first-order valence-electron chi connectivity index (χ1n) is 6.37. The van der Waals surface area contributed by atoms with E-state index in [2.05, 4.69) is 36.1 Å². The first kappa shape index (κ1) is 14.5. The Labute approximate surface area is 109 Å². The summed E-state index contributed by atoms with van der Waals surface area (Å²) in [4.78, 5) is 8.20. The predicted octanol–water partition coefficient (Wildman–Crippen LogP) is 3.05. The Hall–Kier alpha value is -0.610. The monoisotopic (exact) mass is 253 g/mol. The van der Waals surface area contributed by atoms with Crippen molar-refractivity contribution in [1.29, 1.82) is 0 Å². The minimum atomic E-state index is 0.371. The summed E-state index contributed by atoms with van der Waals surface area (Å²) in [6.07, 6.45) is 7.78. The first-order valence-corrected chi connectivity index (χ1v) is 7.42. The molecule has 96 valence electrons.